The molecule has 0 saturated carbocycles. The zero-order valence-corrected chi connectivity index (χ0v) is 5.73. The maximum absolute atomic E-state index is 8.17. The molecule has 0 radical (unpaired) electrons. The van der Waals surface area contributed by atoms with Crippen LogP contribution in [-0.2, 0) is 6.54 Å². The first-order valence-electron chi connectivity index (χ1n) is 3.07. The highest BCUT2D eigenvalue weighted by atomic mass is 16.4. The summed E-state index contributed by atoms with van der Waals surface area (Å²) in [6, 6.07) is 0. The maximum Gasteiger partial charge on any atom is 0.154 e. The van der Waals surface area contributed by atoms with Gasteiger partial charge in [-0.2, -0.15) is 0 Å². The van der Waals surface area contributed by atoms with Crippen LogP contribution < -0.4 is 0 Å². The van der Waals surface area contributed by atoms with E-state index < -0.39 is 0 Å². The Morgan fingerprint density at radius 3 is 3.30 bits per heavy atom. The third-order valence-corrected chi connectivity index (χ3v) is 1.26. The molecule has 1 heterocycles. The zero-order chi connectivity index (χ0) is 7.40. The molecule has 0 aliphatic rings. The number of aromatic nitrogens is 2. The number of oxime groups is 1. The van der Waals surface area contributed by atoms with Gasteiger partial charge in [-0.3, -0.25) is 0 Å². The molecule has 0 unspecified atom stereocenters. The van der Waals surface area contributed by atoms with E-state index in [1.165, 1.54) is 6.21 Å². The van der Waals surface area contributed by atoms with Gasteiger partial charge in [-0.25, -0.2) is 4.98 Å². The van der Waals surface area contributed by atoms with Gasteiger partial charge in [-0.1, -0.05) is 5.16 Å². The first kappa shape index (κ1) is 6.80. The fourth-order valence-corrected chi connectivity index (χ4v) is 0.767. The van der Waals surface area contributed by atoms with E-state index in [1.54, 1.807) is 6.20 Å². The average molecular weight is 139 g/mol. The molecule has 0 aliphatic carbocycles. The van der Waals surface area contributed by atoms with Crippen LogP contribution in [0.25, 0.3) is 0 Å². The minimum atomic E-state index is 0.671. The molecule has 1 rings (SSSR count). The van der Waals surface area contributed by atoms with Crippen molar-refractivity contribution in [2.45, 2.75) is 13.5 Å². The Hall–Kier alpha value is -1.32. The summed E-state index contributed by atoms with van der Waals surface area (Å²) < 4.78 is 1.87. The normalized spacial score (nSPS) is 10.9. The molecule has 1 N–H and O–H groups in total. The Morgan fingerprint density at radius 2 is 2.70 bits per heavy atom. The quantitative estimate of drug-likeness (QED) is 0.372. The summed E-state index contributed by atoms with van der Waals surface area (Å²) in [5.74, 6) is 0.671. The van der Waals surface area contributed by atoms with Crippen LogP contribution in [0.4, 0.5) is 0 Å². The molecule has 0 saturated heterocycles. The van der Waals surface area contributed by atoms with E-state index in [0.717, 1.165) is 6.54 Å². The smallest absolute Gasteiger partial charge is 0.154 e. The highest BCUT2D eigenvalue weighted by Crippen LogP contribution is 1.92. The third-order valence-electron chi connectivity index (χ3n) is 1.26. The lowest BCUT2D eigenvalue weighted by Crippen LogP contribution is -1.98. The molecule has 0 atom stereocenters. The molecular weight excluding hydrogens is 130 g/mol. The van der Waals surface area contributed by atoms with Crippen molar-refractivity contribution in [1.29, 1.82) is 0 Å². The summed E-state index contributed by atoms with van der Waals surface area (Å²) in [6.45, 7) is 2.83. The molecule has 1 aromatic heterocycles. The Labute approximate surface area is 58.8 Å². The number of rotatable bonds is 2. The number of aryl methyl sites for hydroxylation is 1. The van der Waals surface area contributed by atoms with Gasteiger partial charge in [0.25, 0.3) is 0 Å². The molecule has 54 valence electrons. The fraction of sp³-hybridized carbons (Fsp3) is 0.333. The van der Waals surface area contributed by atoms with Gasteiger partial charge in [0.05, 0.1) is 0 Å². The minimum Gasteiger partial charge on any atom is -0.411 e. The SMILES string of the molecule is CCn1ccnc1/C=N/O. The summed E-state index contributed by atoms with van der Waals surface area (Å²) in [7, 11) is 0. The first-order chi connectivity index (χ1) is 4.88. The van der Waals surface area contributed by atoms with E-state index in [1.807, 2.05) is 17.7 Å². The third kappa shape index (κ3) is 1.15. The predicted octanol–water partition coefficient (Wildman–Crippen LogP) is 0.711. The van der Waals surface area contributed by atoms with E-state index in [9.17, 15) is 0 Å². The van der Waals surface area contributed by atoms with Crippen LogP contribution >= 0.6 is 0 Å². The lowest BCUT2D eigenvalue weighted by Gasteiger charge is -1.95. The lowest BCUT2D eigenvalue weighted by atomic mass is 10.6. The molecule has 0 aliphatic heterocycles. The van der Waals surface area contributed by atoms with E-state index in [4.69, 9.17) is 5.21 Å². The van der Waals surface area contributed by atoms with E-state index in [2.05, 4.69) is 10.1 Å². The average Bonchev–Trinajstić information content (AvgIpc) is 2.36. The van der Waals surface area contributed by atoms with Crippen LogP contribution in [0.2, 0.25) is 0 Å². The zero-order valence-electron chi connectivity index (χ0n) is 5.73. The van der Waals surface area contributed by atoms with Gasteiger partial charge < -0.3 is 9.77 Å². The van der Waals surface area contributed by atoms with Gasteiger partial charge in [0.15, 0.2) is 5.82 Å². The van der Waals surface area contributed by atoms with Gasteiger partial charge in [0, 0.05) is 18.9 Å². The Bertz CT molecular complexity index is 229. The van der Waals surface area contributed by atoms with Gasteiger partial charge in [0.2, 0.25) is 0 Å². The standard InChI is InChI=1S/C6H9N3O/c1-2-9-4-3-7-6(9)5-8-10/h3-5,10H,2H2,1H3/b8-5+. The molecule has 1 aromatic rings. The van der Waals surface area contributed by atoms with Crippen LogP contribution in [0, 0.1) is 0 Å². The second-order valence-corrected chi connectivity index (χ2v) is 1.82. The number of hydrogen-bond donors (Lipinski definition) is 1. The van der Waals surface area contributed by atoms with Gasteiger partial charge in [-0.15, -0.1) is 0 Å². The van der Waals surface area contributed by atoms with Crippen molar-refractivity contribution in [3.63, 3.8) is 0 Å². The number of hydrogen-bond acceptors (Lipinski definition) is 3. The van der Waals surface area contributed by atoms with Crippen molar-refractivity contribution in [3.05, 3.63) is 18.2 Å². The molecular formula is C6H9N3O. The van der Waals surface area contributed by atoms with Gasteiger partial charge >= 0.3 is 0 Å². The molecule has 0 bridgehead atoms. The van der Waals surface area contributed by atoms with Crippen LogP contribution in [0.15, 0.2) is 17.5 Å². The van der Waals surface area contributed by atoms with Crippen LogP contribution in [0.1, 0.15) is 12.7 Å². The molecule has 10 heavy (non-hydrogen) atoms. The van der Waals surface area contributed by atoms with Crippen LogP contribution in [0.3, 0.4) is 0 Å². The number of imidazole rings is 1. The molecule has 4 heteroatoms. The van der Waals surface area contributed by atoms with Crippen LogP contribution in [0.5, 0.6) is 0 Å². The molecule has 4 nitrogen and oxygen atoms in total. The summed E-state index contributed by atoms with van der Waals surface area (Å²) >= 11 is 0. The molecule has 0 aromatic carbocycles. The highest BCUT2D eigenvalue weighted by Gasteiger charge is 1.94. The van der Waals surface area contributed by atoms with Gasteiger partial charge in [-0.05, 0) is 6.92 Å². The Balaban J connectivity index is 2.90. The summed E-state index contributed by atoms with van der Waals surface area (Å²) in [5, 5.41) is 11.1. The Morgan fingerprint density at radius 1 is 1.90 bits per heavy atom. The summed E-state index contributed by atoms with van der Waals surface area (Å²) in [6.07, 6.45) is 4.81. The van der Waals surface area contributed by atoms with Crippen molar-refractivity contribution in [3.8, 4) is 0 Å². The van der Waals surface area contributed by atoms with Crippen LogP contribution in [-0.4, -0.2) is 21.0 Å². The molecule has 0 spiro atoms. The molecule has 0 amide bonds. The predicted molar refractivity (Wildman–Crippen MR) is 37.3 cm³/mol. The minimum absolute atomic E-state index is 0.671. The largest absolute Gasteiger partial charge is 0.411 e. The van der Waals surface area contributed by atoms with Crippen molar-refractivity contribution < 1.29 is 5.21 Å². The van der Waals surface area contributed by atoms with E-state index in [0.29, 0.717) is 5.82 Å². The topological polar surface area (TPSA) is 50.4 Å². The first-order valence-corrected chi connectivity index (χ1v) is 3.07. The Kier molecular flexibility index (Phi) is 2.04. The monoisotopic (exact) mass is 139 g/mol. The second kappa shape index (κ2) is 3.00. The fourth-order valence-electron chi connectivity index (χ4n) is 0.767. The van der Waals surface area contributed by atoms with Gasteiger partial charge in [0.1, 0.15) is 6.21 Å². The number of nitrogens with zero attached hydrogens (tertiary/aromatic N) is 3. The van der Waals surface area contributed by atoms with E-state index >= 15 is 0 Å². The summed E-state index contributed by atoms with van der Waals surface area (Å²) in [4.78, 5) is 3.93. The summed E-state index contributed by atoms with van der Waals surface area (Å²) in [5.41, 5.74) is 0. The van der Waals surface area contributed by atoms with Crippen molar-refractivity contribution in [2.75, 3.05) is 0 Å². The maximum atomic E-state index is 8.17. The second-order valence-electron chi connectivity index (χ2n) is 1.82. The van der Waals surface area contributed by atoms with Crippen molar-refractivity contribution in [1.82, 2.24) is 9.55 Å². The lowest BCUT2D eigenvalue weighted by molar-refractivity contribution is 0.321. The molecule has 0 fully saturated rings. The van der Waals surface area contributed by atoms with Crippen molar-refractivity contribution >= 4 is 6.21 Å². The van der Waals surface area contributed by atoms with Crippen molar-refractivity contribution in [2.24, 2.45) is 5.16 Å². The van der Waals surface area contributed by atoms with E-state index in [-0.39, 0.29) is 0 Å². The highest BCUT2D eigenvalue weighted by molar-refractivity contribution is 5.74.